The molecule has 2 nitrogen and oxygen atoms in total. The average molecular weight is 207 g/mol. The lowest BCUT2D eigenvalue weighted by Gasteiger charge is -2.11. The molecule has 0 saturated carbocycles. The van der Waals surface area contributed by atoms with Crippen LogP contribution >= 0.6 is 12.2 Å². The molecule has 14 heavy (non-hydrogen) atoms. The lowest BCUT2D eigenvalue weighted by atomic mass is 10.2. The Morgan fingerprint density at radius 3 is 3.07 bits per heavy atom. The van der Waals surface area contributed by atoms with Crippen LogP contribution in [0.15, 0.2) is 18.2 Å². The number of anilines is 1. The van der Waals surface area contributed by atoms with Gasteiger partial charge in [0.05, 0.1) is 10.7 Å². The highest BCUT2D eigenvalue weighted by molar-refractivity contribution is 7.80. The maximum Gasteiger partial charge on any atom is 0.143 e. The van der Waals surface area contributed by atoms with Crippen molar-refractivity contribution in [1.82, 2.24) is 0 Å². The number of ether oxygens (including phenoxy) is 1. The van der Waals surface area contributed by atoms with Gasteiger partial charge in [0.2, 0.25) is 0 Å². The smallest absolute Gasteiger partial charge is 0.143 e. The van der Waals surface area contributed by atoms with Gasteiger partial charge in [-0.1, -0.05) is 18.3 Å². The van der Waals surface area contributed by atoms with Gasteiger partial charge in [0.15, 0.2) is 0 Å². The third-order valence-corrected chi connectivity index (χ3v) is 2.48. The van der Waals surface area contributed by atoms with Crippen LogP contribution in [0.4, 0.5) is 5.69 Å². The maximum atomic E-state index is 5.76. The molecule has 0 saturated heterocycles. The molecular weight excluding hydrogens is 194 g/mol. The van der Waals surface area contributed by atoms with Crippen LogP contribution in [0.2, 0.25) is 0 Å². The molecule has 0 aliphatic carbocycles. The van der Waals surface area contributed by atoms with E-state index in [-0.39, 0.29) is 6.10 Å². The van der Waals surface area contributed by atoms with Gasteiger partial charge in [-0.05, 0) is 31.5 Å². The Bertz CT molecular complexity index is 376. The van der Waals surface area contributed by atoms with Gasteiger partial charge in [-0.2, -0.15) is 0 Å². The Hall–Kier alpha value is -1.09. The van der Waals surface area contributed by atoms with E-state index in [4.69, 9.17) is 17.0 Å². The highest BCUT2D eigenvalue weighted by atomic mass is 32.1. The van der Waals surface area contributed by atoms with Crippen LogP contribution < -0.4 is 10.1 Å². The number of rotatable bonds is 0. The molecule has 1 aliphatic heterocycles. The van der Waals surface area contributed by atoms with Crippen LogP contribution in [0.25, 0.3) is 0 Å². The molecule has 0 aromatic heterocycles. The van der Waals surface area contributed by atoms with E-state index in [0.29, 0.717) is 0 Å². The molecule has 0 amide bonds. The van der Waals surface area contributed by atoms with Gasteiger partial charge in [0.25, 0.3) is 0 Å². The Balaban J connectivity index is 2.41. The molecule has 1 atom stereocenters. The Kier molecular flexibility index (Phi) is 2.42. The van der Waals surface area contributed by atoms with Gasteiger partial charge >= 0.3 is 0 Å². The molecule has 1 N–H and O–H groups in total. The van der Waals surface area contributed by atoms with Crippen molar-refractivity contribution in [2.24, 2.45) is 0 Å². The van der Waals surface area contributed by atoms with Gasteiger partial charge in [-0.15, -0.1) is 0 Å². The van der Waals surface area contributed by atoms with E-state index in [1.807, 2.05) is 25.1 Å². The van der Waals surface area contributed by atoms with Gasteiger partial charge in [-0.3, -0.25) is 0 Å². The Labute approximate surface area is 89.3 Å². The van der Waals surface area contributed by atoms with Crippen molar-refractivity contribution in [2.45, 2.75) is 26.4 Å². The average Bonchev–Trinajstić information content (AvgIpc) is 2.21. The molecule has 3 heteroatoms. The van der Waals surface area contributed by atoms with Crippen molar-refractivity contribution >= 4 is 22.9 Å². The number of nitrogens with one attached hydrogen (secondary N) is 1. The minimum atomic E-state index is 0.151. The molecule has 1 heterocycles. The summed E-state index contributed by atoms with van der Waals surface area (Å²) in [5.41, 5.74) is 2.18. The number of hydrogen-bond acceptors (Lipinski definition) is 2. The summed E-state index contributed by atoms with van der Waals surface area (Å²) in [6.07, 6.45) is 0.932. The highest BCUT2D eigenvalue weighted by Gasteiger charge is 2.16. The topological polar surface area (TPSA) is 21.3 Å². The standard InChI is InChI=1S/C11H13NOS/c1-7-3-4-9-10(5-7)13-8(2)6-11(14)12-9/h3-5,8H,6H2,1-2H3,(H,12,14). The summed E-state index contributed by atoms with van der Waals surface area (Å²) in [5.74, 6) is 0.900. The van der Waals surface area contributed by atoms with E-state index in [1.54, 1.807) is 0 Å². The lowest BCUT2D eigenvalue weighted by molar-refractivity contribution is 0.234. The van der Waals surface area contributed by atoms with Crippen LogP contribution in [0, 0.1) is 6.92 Å². The predicted molar refractivity (Wildman–Crippen MR) is 62.1 cm³/mol. The first kappa shape index (κ1) is 9.46. The third-order valence-electron chi connectivity index (χ3n) is 2.21. The van der Waals surface area contributed by atoms with Crippen molar-refractivity contribution < 1.29 is 4.74 Å². The molecule has 1 aromatic rings. The SMILES string of the molecule is Cc1ccc2c(c1)OC(C)CC(=S)N2. The minimum Gasteiger partial charge on any atom is -0.488 e. The number of aryl methyl sites for hydroxylation is 1. The molecule has 0 radical (unpaired) electrons. The van der Waals surface area contributed by atoms with Crippen LogP contribution in [0.5, 0.6) is 5.75 Å². The Morgan fingerprint density at radius 1 is 1.50 bits per heavy atom. The van der Waals surface area contributed by atoms with E-state index in [2.05, 4.69) is 12.2 Å². The molecular formula is C11H13NOS. The summed E-state index contributed by atoms with van der Waals surface area (Å²) in [4.78, 5) is 0.847. The summed E-state index contributed by atoms with van der Waals surface area (Å²) in [6.45, 7) is 4.09. The zero-order chi connectivity index (χ0) is 10.1. The monoisotopic (exact) mass is 207 g/mol. The lowest BCUT2D eigenvalue weighted by Crippen LogP contribution is -2.15. The summed E-state index contributed by atoms with van der Waals surface area (Å²) in [7, 11) is 0. The van der Waals surface area contributed by atoms with Crippen molar-refractivity contribution in [3.63, 3.8) is 0 Å². The van der Waals surface area contributed by atoms with Gasteiger partial charge in [0.1, 0.15) is 11.9 Å². The zero-order valence-corrected chi connectivity index (χ0v) is 9.15. The summed E-state index contributed by atoms with van der Waals surface area (Å²) in [6, 6.07) is 6.09. The second kappa shape index (κ2) is 3.58. The summed E-state index contributed by atoms with van der Waals surface area (Å²) >= 11 is 5.19. The minimum absolute atomic E-state index is 0.151. The van der Waals surface area contributed by atoms with Crippen molar-refractivity contribution in [3.8, 4) is 5.75 Å². The Morgan fingerprint density at radius 2 is 2.29 bits per heavy atom. The molecule has 1 aromatic carbocycles. The summed E-state index contributed by atoms with van der Waals surface area (Å²) < 4.78 is 5.76. The van der Waals surface area contributed by atoms with Gasteiger partial charge in [-0.25, -0.2) is 0 Å². The van der Waals surface area contributed by atoms with Crippen molar-refractivity contribution in [2.75, 3.05) is 5.32 Å². The van der Waals surface area contributed by atoms with E-state index in [0.717, 1.165) is 22.8 Å². The van der Waals surface area contributed by atoms with Crippen LogP contribution in [-0.2, 0) is 0 Å². The van der Waals surface area contributed by atoms with E-state index in [1.165, 1.54) is 5.56 Å². The second-order valence-electron chi connectivity index (χ2n) is 3.68. The van der Waals surface area contributed by atoms with E-state index in [9.17, 15) is 0 Å². The highest BCUT2D eigenvalue weighted by Crippen LogP contribution is 2.29. The maximum absolute atomic E-state index is 5.76. The van der Waals surface area contributed by atoms with Crippen molar-refractivity contribution in [3.05, 3.63) is 23.8 Å². The van der Waals surface area contributed by atoms with Gasteiger partial charge < -0.3 is 10.1 Å². The molecule has 2 rings (SSSR count). The van der Waals surface area contributed by atoms with Crippen LogP contribution in [0.3, 0.4) is 0 Å². The van der Waals surface area contributed by atoms with Gasteiger partial charge in [0, 0.05) is 6.42 Å². The number of benzene rings is 1. The number of thiocarbonyl (C=S) groups is 1. The number of fused-ring (bicyclic) bond motifs is 1. The van der Waals surface area contributed by atoms with Crippen LogP contribution in [-0.4, -0.2) is 11.1 Å². The van der Waals surface area contributed by atoms with E-state index >= 15 is 0 Å². The fourth-order valence-electron chi connectivity index (χ4n) is 1.55. The summed E-state index contributed by atoms with van der Waals surface area (Å²) in [5, 5.41) is 3.19. The molecule has 0 bridgehead atoms. The third kappa shape index (κ3) is 1.87. The normalized spacial score (nSPS) is 20.4. The zero-order valence-electron chi connectivity index (χ0n) is 8.33. The fourth-order valence-corrected chi connectivity index (χ4v) is 1.90. The van der Waals surface area contributed by atoms with Crippen molar-refractivity contribution in [1.29, 1.82) is 0 Å². The fraction of sp³-hybridized carbons (Fsp3) is 0.364. The molecule has 1 unspecified atom stereocenters. The first-order valence-electron chi connectivity index (χ1n) is 4.72. The quantitative estimate of drug-likeness (QED) is 0.661. The molecule has 74 valence electrons. The predicted octanol–water partition coefficient (Wildman–Crippen LogP) is 2.91. The molecule has 0 spiro atoms. The number of hydrogen-bond donors (Lipinski definition) is 1. The second-order valence-corrected chi connectivity index (χ2v) is 4.17. The first-order chi connectivity index (χ1) is 6.65. The molecule has 0 fully saturated rings. The van der Waals surface area contributed by atoms with Crippen LogP contribution in [0.1, 0.15) is 18.9 Å². The largest absolute Gasteiger partial charge is 0.488 e. The van der Waals surface area contributed by atoms with E-state index < -0.39 is 0 Å². The first-order valence-corrected chi connectivity index (χ1v) is 5.13. The molecule has 1 aliphatic rings.